The Balaban J connectivity index is 2.14. The molecular weight excluding hydrogens is 360 g/mol. The fraction of sp³-hybridized carbons (Fsp3) is 0.111. The number of hydrogen-bond donors (Lipinski definition) is 0. The maximum atomic E-state index is 12.9. The summed E-state index contributed by atoms with van der Waals surface area (Å²) < 4.78 is 25.1. The molecule has 0 spiro atoms. The lowest BCUT2D eigenvalue weighted by molar-refractivity contribution is -0.121. The Bertz CT molecular complexity index is 1070. The van der Waals surface area contributed by atoms with Crippen LogP contribution in [-0.2, 0) is 14.3 Å². The molecule has 2 aromatic heterocycles. The Morgan fingerprint density at radius 2 is 1.93 bits per heavy atom. The Hall–Kier alpha value is -3.88. The van der Waals surface area contributed by atoms with Crippen LogP contribution in [0.25, 0.3) is 22.3 Å². The number of rotatable bonds is 7. The topological polar surface area (TPSA) is 122 Å². The minimum atomic E-state index is -0.672. The maximum absolute atomic E-state index is 12.9. The highest BCUT2D eigenvalue weighted by atomic mass is 16.5. The van der Waals surface area contributed by atoms with Gasteiger partial charge in [0.05, 0.1) is 6.61 Å². The molecule has 1 aromatic carbocycles. The van der Waals surface area contributed by atoms with E-state index in [2.05, 4.69) is 0 Å². The van der Waals surface area contributed by atoms with Crippen molar-refractivity contribution in [1.82, 2.24) is 0 Å². The van der Waals surface area contributed by atoms with Crippen LogP contribution in [0, 0.1) is 0 Å². The maximum Gasteiger partial charge on any atom is 0.374 e. The van der Waals surface area contributed by atoms with E-state index in [9.17, 15) is 19.2 Å². The summed E-state index contributed by atoms with van der Waals surface area (Å²) in [5, 5.41) is -0.0630. The number of carbonyl (C=O) groups excluding carboxylic acids is 3. The molecule has 0 fully saturated rings. The zero-order chi connectivity index (χ0) is 19.4. The number of carbonyl (C=O) groups is 3. The van der Waals surface area contributed by atoms with Gasteiger partial charge in [-0.15, -0.1) is 0 Å². The standard InChI is InChI=1S/C18H12O9/c1-2-23-18(22)13-4-3-12(27-13)11-7-24-14-5-10(25-8-19)6-15(26-9-20)16(14)17(11)21/h3-9H,2H2,1H3. The molecular formula is C18H12O9. The normalized spacial score (nSPS) is 10.4. The van der Waals surface area contributed by atoms with Crippen LogP contribution < -0.4 is 14.9 Å². The van der Waals surface area contributed by atoms with Crippen LogP contribution in [-0.4, -0.2) is 25.5 Å². The highest BCUT2D eigenvalue weighted by Crippen LogP contribution is 2.31. The van der Waals surface area contributed by atoms with Gasteiger partial charge in [-0.3, -0.25) is 14.4 Å². The summed E-state index contributed by atoms with van der Waals surface area (Å²) in [7, 11) is 0. The first-order valence-electron chi connectivity index (χ1n) is 7.66. The van der Waals surface area contributed by atoms with Crippen LogP contribution in [0.4, 0.5) is 0 Å². The third-order valence-corrected chi connectivity index (χ3v) is 3.52. The molecule has 0 amide bonds. The van der Waals surface area contributed by atoms with Crippen LogP contribution in [0.2, 0.25) is 0 Å². The summed E-state index contributed by atoms with van der Waals surface area (Å²) in [4.78, 5) is 45.8. The van der Waals surface area contributed by atoms with Crippen molar-refractivity contribution in [1.29, 1.82) is 0 Å². The Labute approximate surface area is 151 Å². The lowest BCUT2D eigenvalue weighted by Gasteiger charge is -2.07. The third kappa shape index (κ3) is 3.43. The van der Waals surface area contributed by atoms with Gasteiger partial charge in [0.15, 0.2) is 0 Å². The number of benzene rings is 1. The minimum Gasteiger partial charge on any atom is -0.463 e. The second kappa shape index (κ2) is 7.56. The van der Waals surface area contributed by atoms with Crippen molar-refractivity contribution in [2.24, 2.45) is 0 Å². The molecule has 27 heavy (non-hydrogen) atoms. The molecule has 0 saturated heterocycles. The summed E-state index contributed by atoms with van der Waals surface area (Å²) in [5.41, 5.74) is -0.550. The van der Waals surface area contributed by atoms with Crippen LogP contribution >= 0.6 is 0 Å². The van der Waals surface area contributed by atoms with E-state index in [1.54, 1.807) is 6.92 Å². The lowest BCUT2D eigenvalue weighted by atomic mass is 10.1. The number of esters is 1. The van der Waals surface area contributed by atoms with Crippen molar-refractivity contribution >= 4 is 29.9 Å². The number of furan rings is 1. The quantitative estimate of drug-likeness (QED) is 0.454. The van der Waals surface area contributed by atoms with Gasteiger partial charge in [-0.2, -0.15) is 0 Å². The van der Waals surface area contributed by atoms with E-state index in [4.69, 9.17) is 23.0 Å². The van der Waals surface area contributed by atoms with Crippen molar-refractivity contribution in [3.05, 3.63) is 46.5 Å². The summed E-state index contributed by atoms with van der Waals surface area (Å²) in [5.74, 6) is -0.820. The highest BCUT2D eigenvalue weighted by molar-refractivity contribution is 5.90. The minimum absolute atomic E-state index is 0.00199. The van der Waals surface area contributed by atoms with Crippen molar-refractivity contribution in [3.8, 4) is 22.8 Å². The Morgan fingerprint density at radius 3 is 2.63 bits per heavy atom. The van der Waals surface area contributed by atoms with Crippen LogP contribution in [0.3, 0.4) is 0 Å². The van der Waals surface area contributed by atoms with E-state index in [-0.39, 0.29) is 59.1 Å². The van der Waals surface area contributed by atoms with E-state index < -0.39 is 11.4 Å². The molecule has 3 rings (SSSR count). The largest absolute Gasteiger partial charge is 0.463 e. The summed E-state index contributed by atoms with van der Waals surface area (Å²) >= 11 is 0. The molecule has 0 aliphatic heterocycles. The SMILES string of the molecule is CCOC(=O)c1ccc(-c2coc3cc(OC=O)cc(OC=O)c3c2=O)o1. The fourth-order valence-electron chi connectivity index (χ4n) is 2.43. The lowest BCUT2D eigenvalue weighted by Crippen LogP contribution is -2.07. The van der Waals surface area contributed by atoms with Gasteiger partial charge in [0.25, 0.3) is 12.9 Å². The second-order valence-corrected chi connectivity index (χ2v) is 5.09. The molecule has 0 N–H and O–H groups in total. The van der Waals surface area contributed by atoms with Gasteiger partial charge in [-0.25, -0.2) is 4.79 Å². The van der Waals surface area contributed by atoms with Crippen molar-refractivity contribution < 1.29 is 37.4 Å². The van der Waals surface area contributed by atoms with Gasteiger partial charge in [-0.1, -0.05) is 0 Å². The van der Waals surface area contributed by atoms with Crippen LogP contribution in [0.5, 0.6) is 11.5 Å². The van der Waals surface area contributed by atoms with Gasteiger partial charge in [0.1, 0.15) is 40.1 Å². The fourth-order valence-corrected chi connectivity index (χ4v) is 2.43. The number of ether oxygens (including phenoxy) is 3. The number of fused-ring (bicyclic) bond motifs is 1. The molecule has 0 saturated carbocycles. The monoisotopic (exact) mass is 372 g/mol. The summed E-state index contributed by atoms with van der Waals surface area (Å²) in [6.45, 7) is 2.12. The Kier molecular flexibility index (Phi) is 5.02. The van der Waals surface area contributed by atoms with Gasteiger partial charge < -0.3 is 23.0 Å². The number of hydrogen-bond acceptors (Lipinski definition) is 9. The predicted molar refractivity (Wildman–Crippen MR) is 89.5 cm³/mol. The molecule has 0 atom stereocenters. The van der Waals surface area contributed by atoms with Crippen LogP contribution in [0.15, 0.2) is 44.2 Å². The zero-order valence-corrected chi connectivity index (χ0v) is 13.9. The van der Waals surface area contributed by atoms with Gasteiger partial charge in [-0.05, 0) is 19.1 Å². The molecule has 2 heterocycles. The molecule has 0 aliphatic carbocycles. The predicted octanol–water partition coefficient (Wildman–Crippen LogP) is 2.30. The first-order valence-corrected chi connectivity index (χ1v) is 7.66. The molecule has 138 valence electrons. The van der Waals surface area contributed by atoms with E-state index in [0.717, 1.165) is 6.26 Å². The van der Waals surface area contributed by atoms with E-state index >= 15 is 0 Å². The van der Waals surface area contributed by atoms with Crippen LogP contribution in [0.1, 0.15) is 17.5 Å². The molecule has 3 aromatic rings. The molecule has 0 aliphatic rings. The summed E-state index contributed by atoms with van der Waals surface area (Å²) in [6.07, 6.45) is 1.12. The summed E-state index contributed by atoms with van der Waals surface area (Å²) in [6, 6.07) is 5.26. The molecule has 9 heteroatoms. The third-order valence-electron chi connectivity index (χ3n) is 3.52. The molecule has 0 unspecified atom stereocenters. The zero-order valence-electron chi connectivity index (χ0n) is 13.9. The molecule has 9 nitrogen and oxygen atoms in total. The van der Waals surface area contributed by atoms with Gasteiger partial charge >= 0.3 is 5.97 Å². The average molecular weight is 372 g/mol. The molecule has 0 radical (unpaired) electrons. The van der Waals surface area contributed by atoms with Crippen molar-refractivity contribution in [2.75, 3.05) is 6.61 Å². The highest BCUT2D eigenvalue weighted by Gasteiger charge is 2.19. The van der Waals surface area contributed by atoms with Gasteiger partial charge in [0.2, 0.25) is 11.2 Å². The second-order valence-electron chi connectivity index (χ2n) is 5.09. The van der Waals surface area contributed by atoms with E-state index in [1.165, 1.54) is 24.3 Å². The van der Waals surface area contributed by atoms with Crippen molar-refractivity contribution in [2.45, 2.75) is 6.92 Å². The van der Waals surface area contributed by atoms with E-state index in [0.29, 0.717) is 0 Å². The first kappa shape index (κ1) is 17.9. The molecule has 0 bridgehead atoms. The average Bonchev–Trinajstić information content (AvgIpc) is 3.12. The smallest absolute Gasteiger partial charge is 0.374 e. The first-order chi connectivity index (χ1) is 13.1. The van der Waals surface area contributed by atoms with E-state index in [1.807, 2.05) is 0 Å². The Morgan fingerprint density at radius 1 is 1.15 bits per heavy atom. The van der Waals surface area contributed by atoms with Gasteiger partial charge in [0, 0.05) is 12.1 Å². The van der Waals surface area contributed by atoms with Crippen molar-refractivity contribution in [3.63, 3.8) is 0 Å².